The maximum absolute atomic E-state index is 12.4. The van der Waals surface area contributed by atoms with Crippen LogP contribution in [-0.4, -0.2) is 30.6 Å². The summed E-state index contributed by atoms with van der Waals surface area (Å²) in [7, 11) is 1.73. The zero-order valence-corrected chi connectivity index (χ0v) is 14.1. The van der Waals surface area contributed by atoms with Gasteiger partial charge in [-0.1, -0.05) is 18.2 Å². The first-order chi connectivity index (χ1) is 11.9. The van der Waals surface area contributed by atoms with E-state index in [0.29, 0.717) is 29.9 Å². The molecule has 0 aromatic heterocycles. The Morgan fingerprint density at radius 1 is 1.20 bits per heavy atom. The molecule has 1 amide bonds. The smallest absolute Gasteiger partial charge is 0.337 e. The van der Waals surface area contributed by atoms with Crippen LogP contribution >= 0.6 is 0 Å². The second-order valence-electron chi connectivity index (χ2n) is 5.64. The van der Waals surface area contributed by atoms with Gasteiger partial charge < -0.3 is 15.3 Å². The molecule has 0 spiro atoms. The summed E-state index contributed by atoms with van der Waals surface area (Å²) in [6.45, 7) is 2.26. The van der Waals surface area contributed by atoms with Gasteiger partial charge in [-0.25, -0.2) is 4.79 Å². The van der Waals surface area contributed by atoms with Crippen LogP contribution in [0.15, 0.2) is 42.5 Å². The molecule has 0 unspecified atom stereocenters. The van der Waals surface area contributed by atoms with Crippen LogP contribution in [0.3, 0.4) is 0 Å². The van der Waals surface area contributed by atoms with Crippen molar-refractivity contribution in [2.24, 2.45) is 0 Å². The molecule has 0 saturated heterocycles. The van der Waals surface area contributed by atoms with Crippen LogP contribution in [0.25, 0.3) is 0 Å². The largest absolute Gasteiger partial charge is 0.478 e. The van der Waals surface area contributed by atoms with Crippen molar-refractivity contribution in [1.29, 1.82) is 5.26 Å². The Morgan fingerprint density at radius 2 is 1.92 bits per heavy atom. The van der Waals surface area contributed by atoms with E-state index in [1.807, 2.05) is 25.1 Å². The Kier molecular flexibility index (Phi) is 5.75. The molecule has 25 heavy (non-hydrogen) atoms. The topological polar surface area (TPSA) is 93.4 Å². The van der Waals surface area contributed by atoms with Gasteiger partial charge >= 0.3 is 5.97 Å². The normalized spacial score (nSPS) is 9.96. The molecule has 2 rings (SSSR count). The number of aryl methyl sites for hydroxylation is 1. The molecule has 0 bridgehead atoms. The predicted molar refractivity (Wildman–Crippen MR) is 96.0 cm³/mol. The van der Waals surface area contributed by atoms with Crippen molar-refractivity contribution >= 4 is 23.3 Å². The lowest BCUT2D eigenvalue weighted by Crippen LogP contribution is -2.21. The average Bonchev–Trinajstić information content (AvgIpc) is 2.59. The molecule has 0 aliphatic rings. The van der Waals surface area contributed by atoms with Gasteiger partial charge in [0.25, 0.3) is 5.91 Å². The van der Waals surface area contributed by atoms with Gasteiger partial charge in [0.05, 0.1) is 23.7 Å². The lowest BCUT2D eigenvalue weighted by atomic mass is 10.1. The molecule has 2 aromatic rings. The number of carboxylic acids is 1. The van der Waals surface area contributed by atoms with Gasteiger partial charge in [0.15, 0.2) is 0 Å². The third-order valence-corrected chi connectivity index (χ3v) is 3.84. The molecular weight excluding hydrogens is 318 g/mol. The molecule has 0 heterocycles. The Bertz CT molecular complexity index is 840. The lowest BCUT2D eigenvalue weighted by Gasteiger charge is -2.20. The van der Waals surface area contributed by atoms with Crippen LogP contribution in [0.1, 0.15) is 32.7 Å². The number of anilines is 2. The highest BCUT2D eigenvalue weighted by atomic mass is 16.4. The summed E-state index contributed by atoms with van der Waals surface area (Å²) in [4.78, 5) is 25.6. The number of carbonyl (C=O) groups excluding carboxylic acids is 1. The summed E-state index contributed by atoms with van der Waals surface area (Å²) in [6, 6.07) is 13.9. The van der Waals surface area contributed by atoms with E-state index < -0.39 is 5.97 Å². The van der Waals surface area contributed by atoms with Gasteiger partial charge in [0.2, 0.25) is 0 Å². The second-order valence-corrected chi connectivity index (χ2v) is 5.64. The van der Waals surface area contributed by atoms with Crippen LogP contribution in [0.4, 0.5) is 11.4 Å². The first kappa shape index (κ1) is 18.0. The van der Waals surface area contributed by atoms with Crippen molar-refractivity contribution in [3.05, 3.63) is 59.2 Å². The number of nitrogens with zero attached hydrogens (tertiary/aromatic N) is 2. The van der Waals surface area contributed by atoms with Crippen LogP contribution in [0.5, 0.6) is 0 Å². The molecule has 0 aliphatic carbocycles. The molecule has 6 heteroatoms. The molecule has 0 aliphatic heterocycles. The molecule has 2 aromatic carbocycles. The third kappa shape index (κ3) is 4.36. The van der Waals surface area contributed by atoms with Crippen molar-refractivity contribution in [2.75, 3.05) is 23.8 Å². The maximum Gasteiger partial charge on any atom is 0.337 e. The third-order valence-electron chi connectivity index (χ3n) is 3.84. The fourth-order valence-electron chi connectivity index (χ4n) is 2.48. The Labute approximate surface area is 146 Å². The van der Waals surface area contributed by atoms with Gasteiger partial charge in [0, 0.05) is 24.8 Å². The number of hydrogen-bond acceptors (Lipinski definition) is 4. The second kappa shape index (κ2) is 7.97. The van der Waals surface area contributed by atoms with Crippen LogP contribution < -0.4 is 10.2 Å². The van der Waals surface area contributed by atoms with Gasteiger partial charge in [-0.3, -0.25) is 4.79 Å². The van der Waals surface area contributed by atoms with Gasteiger partial charge in [-0.2, -0.15) is 5.26 Å². The zero-order valence-electron chi connectivity index (χ0n) is 14.1. The standard InChI is InChI=1S/C19H19N3O3/c1-13-6-3-4-7-15(13)18(23)21-14-8-9-17(16(12-14)19(24)25)22(2)11-5-10-20/h3-4,6-9,12H,5,11H2,1-2H3,(H,21,23)(H,24,25). The SMILES string of the molecule is Cc1ccccc1C(=O)Nc1ccc(N(C)CCC#N)c(C(=O)O)c1. The van der Waals surface area contributed by atoms with Gasteiger partial charge in [-0.05, 0) is 36.8 Å². The number of hydrogen-bond donors (Lipinski definition) is 2. The van der Waals surface area contributed by atoms with E-state index in [1.54, 1.807) is 36.2 Å². The van der Waals surface area contributed by atoms with E-state index in [-0.39, 0.29) is 11.5 Å². The van der Waals surface area contributed by atoms with Crippen molar-refractivity contribution in [3.63, 3.8) is 0 Å². The minimum atomic E-state index is -1.09. The van der Waals surface area contributed by atoms with Crippen molar-refractivity contribution in [3.8, 4) is 6.07 Å². The van der Waals surface area contributed by atoms with E-state index in [9.17, 15) is 14.7 Å². The van der Waals surface area contributed by atoms with E-state index in [0.717, 1.165) is 5.56 Å². The summed E-state index contributed by atoms with van der Waals surface area (Å²) in [5.74, 6) is -1.38. The Hall–Kier alpha value is -3.33. The van der Waals surface area contributed by atoms with Crippen molar-refractivity contribution < 1.29 is 14.7 Å². The summed E-state index contributed by atoms with van der Waals surface area (Å²) >= 11 is 0. The lowest BCUT2D eigenvalue weighted by molar-refractivity contribution is 0.0697. The fraction of sp³-hybridized carbons (Fsp3) is 0.211. The first-order valence-corrected chi connectivity index (χ1v) is 7.76. The number of carboxylic acid groups (broad SMARTS) is 1. The van der Waals surface area contributed by atoms with Crippen molar-refractivity contribution in [2.45, 2.75) is 13.3 Å². The highest BCUT2D eigenvalue weighted by Gasteiger charge is 2.16. The van der Waals surface area contributed by atoms with Crippen LogP contribution in [-0.2, 0) is 0 Å². The maximum atomic E-state index is 12.4. The van der Waals surface area contributed by atoms with E-state index in [1.165, 1.54) is 6.07 Å². The molecular formula is C19H19N3O3. The number of amides is 1. The van der Waals surface area contributed by atoms with E-state index >= 15 is 0 Å². The predicted octanol–water partition coefficient (Wildman–Crippen LogP) is 3.30. The Balaban J connectivity index is 2.27. The molecule has 0 atom stereocenters. The molecule has 2 N–H and O–H groups in total. The van der Waals surface area contributed by atoms with Crippen molar-refractivity contribution in [1.82, 2.24) is 0 Å². The summed E-state index contributed by atoms with van der Waals surface area (Å²) in [5, 5.41) is 20.9. The number of aromatic carboxylic acids is 1. The minimum Gasteiger partial charge on any atom is -0.478 e. The van der Waals surface area contributed by atoms with E-state index in [2.05, 4.69) is 5.32 Å². The quantitative estimate of drug-likeness (QED) is 0.843. The fourth-order valence-corrected chi connectivity index (χ4v) is 2.48. The van der Waals surface area contributed by atoms with Crippen LogP contribution in [0, 0.1) is 18.3 Å². The summed E-state index contributed by atoms with van der Waals surface area (Å²) < 4.78 is 0. The molecule has 128 valence electrons. The van der Waals surface area contributed by atoms with Gasteiger partial charge in [0.1, 0.15) is 0 Å². The number of benzene rings is 2. The summed E-state index contributed by atoms with van der Waals surface area (Å²) in [6.07, 6.45) is 0.293. The zero-order chi connectivity index (χ0) is 18.4. The van der Waals surface area contributed by atoms with Gasteiger partial charge in [-0.15, -0.1) is 0 Å². The molecule has 0 fully saturated rings. The first-order valence-electron chi connectivity index (χ1n) is 7.76. The number of rotatable bonds is 6. The Morgan fingerprint density at radius 3 is 2.56 bits per heavy atom. The number of nitriles is 1. The minimum absolute atomic E-state index is 0.0722. The van der Waals surface area contributed by atoms with Crippen LogP contribution in [0.2, 0.25) is 0 Å². The monoisotopic (exact) mass is 337 g/mol. The van der Waals surface area contributed by atoms with E-state index in [4.69, 9.17) is 5.26 Å². The highest BCUT2D eigenvalue weighted by molar-refractivity contribution is 6.06. The highest BCUT2D eigenvalue weighted by Crippen LogP contribution is 2.24. The molecule has 6 nitrogen and oxygen atoms in total. The molecule has 0 saturated carbocycles. The number of nitrogens with one attached hydrogen (secondary N) is 1. The average molecular weight is 337 g/mol. The molecule has 0 radical (unpaired) electrons. The number of carbonyl (C=O) groups is 2. The summed E-state index contributed by atoms with van der Waals surface area (Å²) in [5.41, 5.74) is 2.35.